The summed E-state index contributed by atoms with van der Waals surface area (Å²) in [5.41, 5.74) is -0.575. The molecule has 136 valence electrons. The van der Waals surface area contributed by atoms with Gasteiger partial charge in [0.25, 0.3) is 5.91 Å². The molecule has 0 saturated heterocycles. The van der Waals surface area contributed by atoms with Gasteiger partial charge >= 0.3 is 5.97 Å². The molecule has 0 aliphatic carbocycles. The van der Waals surface area contributed by atoms with E-state index in [1.165, 1.54) is 17.0 Å². The Bertz CT molecular complexity index is 721. The van der Waals surface area contributed by atoms with Gasteiger partial charge in [-0.3, -0.25) is 4.79 Å². The summed E-state index contributed by atoms with van der Waals surface area (Å²) in [4.78, 5) is 25.4. The largest absolute Gasteiger partial charge is 0.491 e. The molecule has 1 amide bonds. The standard InChI is InChI=1S/C16H18F2N2O5/c1-3-25-11-5-4-10(12(17)13(11)18)19-14-9(16(23)24-2)8-20(6-7-21)15(14)22/h4-5,19,21H,3,6-8H2,1-2H3. The molecule has 7 nitrogen and oxygen atoms in total. The van der Waals surface area contributed by atoms with Gasteiger partial charge in [-0.1, -0.05) is 0 Å². The maximum absolute atomic E-state index is 14.2. The Morgan fingerprint density at radius 3 is 2.68 bits per heavy atom. The fourth-order valence-corrected chi connectivity index (χ4v) is 2.38. The smallest absolute Gasteiger partial charge is 0.337 e. The SMILES string of the molecule is CCOc1ccc(NC2=C(C(=O)OC)CN(CCO)C2=O)c(F)c1F. The van der Waals surface area contributed by atoms with Gasteiger partial charge in [-0.15, -0.1) is 0 Å². The van der Waals surface area contributed by atoms with Crippen LogP contribution in [0.15, 0.2) is 23.4 Å². The lowest BCUT2D eigenvalue weighted by Gasteiger charge is -2.15. The van der Waals surface area contributed by atoms with Crippen LogP contribution in [0.5, 0.6) is 5.75 Å². The first-order valence-electron chi connectivity index (χ1n) is 7.54. The van der Waals surface area contributed by atoms with E-state index in [0.29, 0.717) is 0 Å². The Morgan fingerprint density at radius 2 is 2.08 bits per heavy atom. The zero-order valence-electron chi connectivity index (χ0n) is 13.8. The van der Waals surface area contributed by atoms with E-state index >= 15 is 0 Å². The van der Waals surface area contributed by atoms with E-state index in [1.807, 2.05) is 0 Å². The highest BCUT2D eigenvalue weighted by molar-refractivity contribution is 6.08. The number of ether oxygens (including phenoxy) is 2. The van der Waals surface area contributed by atoms with Crippen LogP contribution in [0.2, 0.25) is 0 Å². The molecule has 2 N–H and O–H groups in total. The molecule has 0 fully saturated rings. The number of anilines is 1. The molecule has 9 heteroatoms. The van der Waals surface area contributed by atoms with Crippen LogP contribution in [-0.4, -0.2) is 55.3 Å². The van der Waals surface area contributed by atoms with Gasteiger partial charge in [-0.25, -0.2) is 9.18 Å². The van der Waals surface area contributed by atoms with Crippen LogP contribution in [0.25, 0.3) is 0 Å². The molecule has 1 aliphatic heterocycles. The Hall–Kier alpha value is -2.68. The molecular formula is C16H18F2N2O5. The number of nitrogens with zero attached hydrogens (tertiary/aromatic N) is 1. The van der Waals surface area contributed by atoms with Gasteiger partial charge in [-0.05, 0) is 19.1 Å². The number of esters is 1. The minimum atomic E-state index is -1.24. The molecule has 0 radical (unpaired) electrons. The Labute approximate surface area is 142 Å². The van der Waals surface area contributed by atoms with Crippen molar-refractivity contribution in [2.24, 2.45) is 0 Å². The van der Waals surface area contributed by atoms with Crippen LogP contribution in [-0.2, 0) is 14.3 Å². The number of benzene rings is 1. The minimum absolute atomic E-state index is 0.00930. The first kappa shape index (κ1) is 18.7. The van der Waals surface area contributed by atoms with Crippen molar-refractivity contribution in [1.82, 2.24) is 4.90 Å². The maximum atomic E-state index is 14.2. The molecule has 1 aliphatic rings. The van der Waals surface area contributed by atoms with Crippen molar-refractivity contribution in [3.05, 3.63) is 35.0 Å². The summed E-state index contributed by atoms with van der Waals surface area (Å²) in [6.07, 6.45) is 0. The summed E-state index contributed by atoms with van der Waals surface area (Å²) >= 11 is 0. The van der Waals surface area contributed by atoms with Crippen LogP contribution in [0.4, 0.5) is 14.5 Å². The number of β-amino-alcohol motifs (C(OH)–C–C–N with tert-alkyl or cyclic N) is 1. The lowest BCUT2D eigenvalue weighted by atomic mass is 10.2. The summed E-state index contributed by atoms with van der Waals surface area (Å²) in [5.74, 6) is -4.10. The summed E-state index contributed by atoms with van der Waals surface area (Å²) in [6.45, 7) is 1.37. The van der Waals surface area contributed by atoms with Gasteiger partial charge in [0.2, 0.25) is 5.82 Å². The monoisotopic (exact) mass is 356 g/mol. The summed E-state index contributed by atoms with van der Waals surface area (Å²) in [6, 6.07) is 2.42. The highest BCUT2D eigenvalue weighted by Gasteiger charge is 2.35. The van der Waals surface area contributed by atoms with Crippen molar-refractivity contribution in [2.45, 2.75) is 6.92 Å². The topological polar surface area (TPSA) is 88.1 Å². The molecule has 0 atom stereocenters. The van der Waals surface area contributed by atoms with E-state index < -0.39 is 23.5 Å². The van der Waals surface area contributed by atoms with Crippen molar-refractivity contribution in [3.63, 3.8) is 0 Å². The molecule has 0 bridgehead atoms. The van der Waals surface area contributed by atoms with Crippen molar-refractivity contribution in [2.75, 3.05) is 38.7 Å². The Morgan fingerprint density at radius 1 is 1.36 bits per heavy atom. The third-order valence-electron chi connectivity index (χ3n) is 3.56. The van der Waals surface area contributed by atoms with Crippen LogP contribution >= 0.6 is 0 Å². The maximum Gasteiger partial charge on any atom is 0.337 e. The third kappa shape index (κ3) is 3.71. The number of aliphatic hydroxyl groups is 1. The number of hydrogen-bond acceptors (Lipinski definition) is 6. The third-order valence-corrected chi connectivity index (χ3v) is 3.56. The van der Waals surface area contributed by atoms with Crippen molar-refractivity contribution in [3.8, 4) is 5.75 Å². The number of halogens is 2. The number of hydrogen-bond donors (Lipinski definition) is 2. The number of methoxy groups -OCH3 is 1. The number of carbonyl (C=O) groups excluding carboxylic acids is 2. The summed E-state index contributed by atoms with van der Waals surface area (Å²) < 4.78 is 37.7. The first-order chi connectivity index (χ1) is 11.9. The summed E-state index contributed by atoms with van der Waals surface area (Å²) in [5, 5.41) is 11.4. The predicted octanol–water partition coefficient (Wildman–Crippen LogP) is 1.04. The van der Waals surface area contributed by atoms with E-state index in [9.17, 15) is 18.4 Å². The van der Waals surface area contributed by atoms with Gasteiger partial charge in [0.15, 0.2) is 11.6 Å². The highest BCUT2D eigenvalue weighted by Crippen LogP contribution is 2.29. The van der Waals surface area contributed by atoms with Crippen LogP contribution < -0.4 is 10.1 Å². The molecule has 0 aromatic heterocycles. The summed E-state index contributed by atoms with van der Waals surface area (Å²) in [7, 11) is 1.14. The van der Waals surface area contributed by atoms with Gasteiger partial charge in [0.1, 0.15) is 5.70 Å². The van der Waals surface area contributed by atoms with E-state index in [0.717, 1.165) is 7.11 Å². The van der Waals surface area contributed by atoms with Crippen LogP contribution in [0, 0.1) is 11.6 Å². The normalized spacial score (nSPS) is 14.1. The van der Waals surface area contributed by atoms with Gasteiger partial charge in [0, 0.05) is 6.54 Å². The van der Waals surface area contributed by atoms with E-state index in [2.05, 4.69) is 10.1 Å². The molecular weight excluding hydrogens is 338 g/mol. The average Bonchev–Trinajstić information content (AvgIpc) is 2.90. The molecule has 25 heavy (non-hydrogen) atoms. The van der Waals surface area contributed by atoms with E-state index in [1.54, 1.807) is 6.92 Å². The van der Waals surface area contributed by atoms with E-state index in [-0.39, 0.29) is 49.0 Å². The number of aliphatic hydroxyl groups excluding tert-OH is 1. The fourth-order valence-electron chi connectivity index (χ4n) is 2.38. The zero-order chi connectivity index (χ0) is 18.6. The number of carbonyl (C=O) groups is 2. The van der Waals surface area contributed by atoms with Gasteiger partial charge < -0.3 is 24.8 Å². The lowest BCUT2D eigenvalue weighted by molar-refractivity contribution is -0.136. The first-order valence-corrected chi connectivity index (χ1v) is 7.54. The quantitative estimate of drug-likeness (QED) is 0.710. The van der Waals surface area contributed by atoms with Crippen molar-refractivity contribution in [1.29, 1.82) is 0 Å². The van der Waals surface area contributed by atoms with Gasteiger partial charge in [-0.2, -0.15) is 4.39 Å². The lowest BCUT2D eigenvalue weighted by Crippen LogP contribution is -2.31. The minimum Gasteiger partial charge on any atom is -0.491 e. The van der Waals surface area contributed by atoms with Crippen LogP contribution in [0.1, 0.15) is 6.92 Å². The molecule has 2 rings (SSSR count). The van der Waals surface area contributed by atoms with Crippen molar-refractivity contribution < 1.29 is 33.0 Å². The molecule has 0 saturated carbocycles. The average molecular weight is 356 g/mol. The zero-order valence-corrected chi connectivity index (χ0v) is 13.8. The molecule has 1 aromatic rings. The number of amides is 1. The fraction of sp³-hybridized carbons (Fsp3) is 0.375. The molecule has 0 unspecified atom stereocenters. The second-order valence-corrected chi connectivity index (χ2v) is 5.09. The second kappa shape index (κ2) is 7.93. The number of nitrogens with one attached hydrogen (secondary N) is 1. The Balaban J connectivity index is 2.37. The highest BCUT2D eigenvalue weighted by atomic mass is 19.2. The van der Waals surface area contributed by atoms with Gasteiger partial charge in [0.05, 0.1) is 38.1 Å². The Kier molecular flexibility index (Phi) is 5.92. The molecule has 0 spiro atoms. The molecule has 1 heterocycles. The van der Waals surface area contributed by atoms with Crippen LogP contribution in [0.3, 0.4) is 0 Å². The number of rotatable bonds is 7. The van der Waals surface area contributed by atoms with E-state index in [4.69, 9.17) is 9.84 Å². The predicted molar refractivity (Wildman–Crippen MR) is 83.9 cm³/mol. The second-order valence-electron chi connectivity index (χ2n) is 5.09. The molecule has 1 aromatic carbocycles. The van der Waals surface area contributed by atoms with Crippen molar-refractivity contribution >= 4 is 17.6 Å².